The van der Waals surface area contributed by atoms with Crippen molar-refractivity contribution < 1.29 is 22.8 Å². The van der Waals surface area contributed by atoms with E-state index in [-0.39, 0.29) is 22.8 Å². The standard InChI is InChI=1S/C24H22F3N3O2S/c1-16(18-8-5-4-6-9-18)29(3)22(32)13-12-20-15-33-23(28-20)30(17(2)31)21-11-7-10-19(14-21)24(25,26)27/h4-16H,1-3H3/b13-12+. The number of aromatic nitrogens is 1. The second kappa shape index (κ2) is 9.99. The molecule has 33 heavy (non-hydrogen) atoms. The van der Waals surface area contributed by atoms with Gasteiger partial charge in [-0.1, -0.05) is 36.4 Å². The van der Waals surface area contributed by atoms with Crippen LogP contribution in [-0.4, -0.2) is 28.7 Å². The van der Waals surface area contributed by atoms with Gasteiger partial charge < -0.3 is 4.90 Å². The summed E-state index contributed by atoms with van der Waals surface area (Å²) in [6, 6.07) is 14.0. The Morgan fingerprint density at radius 3 is 2.42 bits per heavy atom. The normalized spacial score (nSPS) is 12.5. The highest BCUT2D eigenvalue weighted by Gasteiger charge is 2.31. The largest absolute Gasteiger partial charge is 0.416 e. The zero-order valence-electron chi connectivity index (χ0n) is 18.2. The van der Waals surface area contributed by atoms with Crippen LogP contribution in [0.15, 0.2) is 66.1 Å². The molecular formula is C24H22F3N3O2S. The van der Waals surface area contributed by atoms with E-state index in [2.05, 4.69) is 4.98 Å². The third-order valence-corrected chi connectivity index (χ3v) is 5.90. The van der Waals surface area contributed by atoms with E-state index in [9.17, 15) is 22.8 Å². The van der Waals surface area contributed by atoms with E-state index >= 15 is 0 Å². The molecule has 0 aliphatic rings. The fourth-order valence-corrected chi connectivity index (χ4v) is 3.98. The second-order valence-corrected chi connectivity index (χ2v) is 8.16. The Morgan fingerprint density at radius 1 is 1.09 bits per heavy atom. The third kappa shape index (κ3) is 5.87. The molecule has 0 fully saturated rings. The minimum absolute atomic E-state index is 0.0645. The molecule has 0 aliphatic heterocycles. The van der Waals surface area contributed by atoms with Gasteiger partial charge in [0.2, 0.25) is 11.8 Å². The van der Waals surface area contributed by atoms with Crippen molar-refractivity contribution in [3.05, 3.63) is 82.9 Å². The molecule has 172 valence electrons. The summed E-state index contributed by atoms with van der Waals surface area (Å²) < 4.78 is 39.3. The summed E-state index contributed by atoms with van der Waals surface area (Å²) in [7, 11) is 1.70. The fraction of sp³-hybridized carbons (Fsp3) is 0.208. The first-order valence-corrected chi connectivity index (χ1v) is 10.9. The van der Waals surface area contributed by atoms with Crippen molar-refractivity contribution in [1.82, 2.24) is 9.88 Å². The number of alkyl halides is 3. The molecule has 0 aliphatic carbocycles. The number of amides is 2. The van der Waals surface area contributed by atoms with Gasteiger partial charge in [-0.15, -0.1) is 11.3 Å². The van der Waals surface area contributed by atoms with Gasteiger partial charge >= 0.3 is 6.18 Å². The van der Waals surface area contributed by atoms with E-state index < -0.39 is 17.6 Å². The van der Waals surface area contributed by atoms with E-state index in [4.69, 9.17) is 0 Å². The Hall–Kier alpha value is -3.46. The van der Waals surface area contributed by atoms with Gasteiger partial charge in [0.25, 0.3) is 0 Å². The molecule has 1 unspecified atom stereocenters. The quantitative estimate of drug-likeness (QED) is 0.408. The van der Waals surface area contributed by atoms with E-state index in [0.717, 1.165) is 33.9 Å². The molecule has 0 N–H and O–H groups in total. The average molecular weight is 474 g/mol. The van der Waals surface area contributed by atoms with Crippen molar-refractivity contribution in [1.29, 1.82) is 0 Å². The minimum atomic E-state index is -4.53. The van der Waals surface area contributed by atoms with Crippen molar-refractivity contribution in [3.63, 3.8) is 0 Å². The predicted octanol–water partition coefficient (Wildman–Crippen LogP) is 6.08. The summed E-state index contributed by atoms with van der Waals surface area (Å²) in [5, 5.41) is 1.84. The molecule has 0 saturated heterocycles. The zero-order valence-corrected chi connectivity index (χ0v) is 19.0. The summed E-state index contributed by atoms with van der Waals surface area (Å²) in [4.78, 5) is 31.8. The van der Waals surface area contributed by atoms with Gasteiger partial charge in [0.1, 0.15) is 0 Å². The van der Waals surface area contributed by atoms with E-state index in [1.165, 1.54) is 31.2 Å². The molecule has 5 nitrogen and oxygen atoms in total. The molecule has 1 atom stereocenters. The lowest BCUT2D eigenvalue weighted by Crippen LogP contribution is -2.27. The maximum absolute atomic E-state index is 13.1. The van der Waals surface area contributed by atoms with Crippen molar-refractivity contribution in [2.45, 2.75) is 26.1 Å². The molecule has 0 radical (unpaired) electrons. The van der Waals surface area contributed by atoms with Crippen molar-refractivity contribution in [3.8, 4) is 0 Å². The number of carbonyl (C=O) groups excluding carboxylic acids is 2. The number of hydrogen-bond acceptors (Lipinski definition) is 4. The predicted molar refractivity (Wildman–Crippen MR) is 123 cm³/mol. The van der Waals surface area contributed by atoms with Gasteiger partial charge in [-0.2, -0.15) is 13.2 Å². The lowest BCUT2D eigenvalue weighted by Gasteiger charge is -2.24. The molecule has 0 spiro atoms. The summed E-state index contributed by atoms with van der Waals surface area (Å²) in [6.07, 6.45) is -1.64. The van der Waals surface area contributed by atoms with Crippen LogP contribution in [0.4, 0.5) is 24.0 Å². The monoisotopic (exact) mass is 473 g/mol. The average Bonchev–Trinajstić information content (AvgIpc) is 3.24. The van der Waals surface area contributed by atoms with Crippen LogP contribution in [0.3, 0.4) is 0 Å². The number of carbonyl (C=O) groups is 2. The maximum Gasteiger partial charge on any atom is 0.416 e. The number of thiazole rings is 1. The number of likely N-dealkylation sites (N-methyl/N-ethyl adjacent to an activating group) is 1. The maximum atomic E-state index is 13.1. The molecule has 2 amide bonds. The van der Waals surface area contributed by atoms with Gasteiger partial charge in [0.05, 0.1) is 23.0 Å². The Morgan fingerprint density at radius 2 is 1.79 bits per heavy atom. The first kappa shape index (κ1) is 24.2. The van der Waals surface area contributed by atoms with Crippen LogP contribution in [0.5, 0.6) is 0 Å². The SMILES string of the molecule is CC(=O)N(c1cccc(C(F)(F)F)c1)c1nc(/C=C/C(=O)N(C)C(C)c2ccccc2)cs1. The van der Waals surface area contributed by atoms with Crippen molar-refractivity contribution in [2.24, 2.45) is 0 Å². The van der Waals surface area contributed by atoms with Crippen LogP contribution in [0, 0.1) is 0 Å². The Bertz CT molecular complexity index is 1160. The highest BCUT2D eigenvalue weighted by Crippen LogP contribution is 2.35. The van der Waals surface area contributed by atoms with Crippen LogP contribution in [0.1, 0.15) is 36.7 Å². The minimum Gasteiger partial charge on any atom is -0.335 e. The molecule has 3 aromatic rings. The first-order chi connectivity index (χ1) is 15.6. The Kier molecular flexibility index (Phi) is 7.33. The first-order valence-electron chi connectivity index (χ1n) is 10.0. The molecule has 9 heteroatoms. The van der Waals surface area contributed by atoms with Crippen molar-refractivity contribution >= 4 is 40.0 Å². The number of rotatable bonds is 6. The zero-order chi connectivity index (χ0) is 24.2. The highest BCUT2D eigenvalue weighted by atomic mass is 32.1. The summed E-state index contributed by atoms with van der Waals surface area (Å²) in [5.74, 6) is -0.714. The Labute approximate surface area is 193 Å². The Balaban J connectivity index is 1.78. The van der Waals surface area contributed by atoms with Gasteiger partial charge in [0, 0.05) is 25.4 Å². The molecular weight excluding hydrogens is 451 g/mol. The van der Waals surface area contributed by atoms with Gasteiger partial charge in [-0.05, 0) is 36.8 Å². The van der Waals surface area contributed by atoms with Crippen LogP contribution in [0.2, 0.25) is 0 Å². The lowest BCUT2D eigenvalue weighted by molar-refractivity contribution is -0.137. The summed E-state index contributed by atoms with van der Waals surface area (Å²) in [6.45, 7) is 3.17. The summed E-state index contributed by atoms with van der Waals surface area (Å²) >= 11 is 1.09. The fourth-order valence-electron chi connectivity index (χ4n) is 3.12. The number of nitrogens with zero attached hydrogens (tertiary/aromatic N) is 3. The van der Waals surface area contributed by atoms with Gasteiger partial charge in [0.15, 0.2) is 5.13 Å². The van der Waals surface area contributed by atoms with E-state index in [1.54, 1.807) is 17.3 Å². The molecule has 2 aromatic carbocycles. The topological polar surface area (TPSA) is 53.5 Å². The van der Waals surface area contributed by atoms with E-state index in [0.29, 0.717) is 5.69 Å². The summed E-state index contributed by atoms with van der Waals surface area (Å²) in [5.41, 5.74) is 0.622. The van der Waals surface area contributed by atoms with E-state index in [1.807, 2.05) is 37.3 Å². The number of anilines is 2. The second-order valence-electron chi connectivity index (χ2n) is 7.33. The molecule has 3 rings (SSSR count). The molecule has 0 bridgehead atoms. The lowest BCUT2D eigenvalue weighted by atomic mass is 10.1. The molecule has 1 heterocycles. The third-order valence-electron chi connectivity index (χ3n) is 5.05. The van der Waals surface area contributed by atoms with Gasteiger partial charge in [-0.25, -0.2) is 4.98 Å². The number of benzene rings is 2. The van der Waals surface area contributed by atoms with Gasteiger partial charge in [-0.3, -0.25) is 14.5 Å². The van der Waals surface area contributed by atoms with Crippen LogP contribution in [0.25, 0.3) is 6.08 Å². The smallest absolute Gasteiger partial charge is 0.335 e. The van der Waals surface area contributed by atoms with Crippen LogP contribution >= 0.6 is 11.3 Å². The van der Waals surface area contributed by atoms with Crippen LogP contribution in [-0.2, 0) is 15.8 Å². The van der Waals surface area contributed by atoms with Crippen molar-refractivity contribution in [2.75, 3.05) is 11.9 Å². The van der Waals surface area contributed by atoms with Crippen LogP contribution < -0.4 is 4.90 Å². The number of halogens is 3. The molecule has 0 saturated carbocycles. The highest BCUT2D eigenvalue weighted by molar-refractivity contribution is 7.14. The number of hydrogen-bond donors (Lipinski definition) is 0. The molecule has 1 aromatic heterocycles.